The summed E-state index contributed by atoms with van der Waals surface area (Å²) >= 11 is 0. The first-order chi connectivity index (χ1) is 43.3. The molecule has 91 heavy (non-hydrogen) atoms. The van der Waals surface area contributed by atoms with Crippen LogP contribution in [0.2, 0.25) is 0 Å². The second kappa shape index (κ2) is 27.5. The summed E-state index contributed by atoms with van der Waals surface area (Å²) in [5, 5.41) is 54.7. The van der Waals surface area contributed by atoms with Crippen LogP contribution in [0.5, 0.6) is 0 Å². The van der Waals surface area contributed by atoms with E-state index < -0.39 is 36.0 Å². The quantitative estimate of drug-likeness (QED) is 0.0763. The van der Waals surface area contributed by atoms with E-state index in [9.17, 15) is 28.6 Å². The van der Waals surface area contributed by atoms with E-state index in [1.54, 1.807) is 38.4 Å². The van der Waals surface area contributed by atoms with Crippen LogP contribution in [0.4, 0.5) is 8.78 Å². The zero-order valence-electron chi connectivity index (χ0n) is 53.5. The first kappa shape index (κ1) is 65.4. The molecule has 2 aliphatic carbocycles. The Morgan fingerprint density at radius 2 is 1.16 bits per heavy atom. The van der Waals surface area contributed by atoms with E-state index in [4.69, 9.17) is 29.3 Å². The number of aliphatic hydroxyl groups is 2. The molecule has 0 spiro atoms. The van der Waals surface area contributed by atoms with Crippen molar-refractivity contribution >= 4 is 24.1 Å². The third kappa shape index (κ3) is 15.8. The van der Waals surface area contributed by atoms with Gasteiger partial charge in [-0.2, -0.15) is 9.59 Å². The number of aryl methyl sites for hydroxylation is 4. The molecule has 18 nitrogen and oxygen atoms in total. The van der Waals surface area contributed by atoms with Crippen molar-refractivity contribution in [2.75, 3.05) is 0 Å². The molecule has 0 saturated carbocycles. The minimum absolute atomic E-state index is 0.0126. The lowest BCUT2D eigenvalue weighted by Gasteiger charge is -2.40. The zero-order chi connectivity index (χ0) is 65.1. The Balaban J connectivity index is 0.000000202. The number of carboxylic acid groups (broad SMARTS) is 1. The fourth-order valence-corrected chi connectivity index (χ4v) is 12.4. The molecule has 0 unspecified atom stereocenters. The third-order valence-electron chi connectivity index (χ3n) is 16.2. The van der Waals surface area contributed by atoms with Crippen LogP contribution in [0, 0.1) is 11.6 Å². The summed E-state index contributed by atoms with van der Waals surface area (Å²) in [5.74, 6) is -1.69. The maximum atomic E-state index is 14.3. The van der Waals surface area contributed by atoms with Crippen molar-refractivity contribution in [2.45, 2.75) is 174 Å². The minimum atomic E-state index is -1.17. The van der Waals surface area contributed by atoms with Gasteiger partial charge in [0.1, 0.15) is 17.2 Å². The lowest BCUT2D eigenvalue weighted by Crippen LogP contribution is -2.45. The number of carbonyl (C=O) groups is 2. The minimum Gasteiger partial charge on any atom is -0.481 e. The number of aliphatic carboxylic acids is 1. The van der Waals surface area contributed by atoms with Crippen LogP contribution in [0.25, 0.3) is 79.7 Å². The van der Waals surface area contributed by atoms with Crippen molar-refractivity contribution in [1.29, 1.82) is 0 Å². The summed E-state index contributed by atoms with van der Waals surface area (Å²) in [4.78, 5) is 37.2. The van der Waals surface area contributed by atoms with Crippen LogP contribution in [-0.4, -0.2) is 113 Å². The lowest BCUT2D eigenvalue weighted by molar-refractivity contribution is -0.290. The van der Waals surface area contributed by atoms with Crippen molar-refractivity contribution < 1.29 is 47.9 Å². The highest BCUT2D eigenvalue weighted by Crippen LogP contribution is 2.45. The number of carbonyl (C=O) groups excluding carboxylic acids is 1. The van der Waals surface area contributed by atoms with Gasteiger partial charge in [-0.15, -0.1) is 20.4 Å². The molecule has 1 saturated heterocycles. The number of nitrogens with zero attached hydrogens (tertiary/aromatic N) is 10. The Morgan fingerprint density at radius 3 is 1.60 bits per heavy atom. The van der Waals surface area contributed by atoms with Gasteiger partial charge in [-0.1, -0.05) is 101 Å². The molecule has 4 atom stereocenters. The smallest absolute Gasteiger partial charge is 0.308 e. The van der Waals surface area contributed by atoms with Crippen LogP contribution in [0.1, 0.15) is 157 Å². The van der Waals surface area contributed by atoms with E-state index in [0.717, 1.165) is 134 Å². The van der Waals surface area contributed by atoms with E-state index in [1.807, 2.05) is 72.7 Å². The highest BCUT2D eigenvalue weighted by atomic mass is 19.1. The number of carboxylic acids is 1. The average molecular weight is 1240 g/mol. The van der Waals surface area contributed by atoms with Crippen molar-refractivity contribution in [3.05, 3.63) is 153 Å². The predicted octanol–water partition coefficient (Wildman–Crippen LogP) is 13.0. The largest absolute Gasteiger partial charge is 0.481 e. The number of hydrogen-bond acceptors (Lipinski definition) is 15. The van der Waals surface area contributed by atoms with Crippen LogP contribution >= 0.6 is 0 Å². The van der Waals surface area contributed by atoms with Crippen molar-refractivity contribution in [1.82, 2.24) is 50.4 Å². The van der Waals surface area contributed by atoms with E-state index in [0.29, 0.717) is 18.1 Å². The van der Waals surface area contributed by atoms with Crippen molar-refractivity contribution in [2.24, 2.45) is 14.1 Å². The van der Waals surface area contributed by atoms with E-state index in [2.05, 4.69) is 81.1 Å². The van der Waals surface area contributed by atoms with Gasteiger partial charge in [0.25, 0.3) is 0 Å². The standard InChI is InChI=1S/C39H46FN5O4.C32H34FN5O4/c1-23(2)35-32(19-17-28-21-29(48-39(6,7)47-28)22-33(46)49-38(3,4)5)34(24-12-15-27(40)16-13-24)31-11-9-10-25-20-26(37-42-44-45(8)43-37)14-18-30(25)36(31)41-35;1-18(2)30-27(14-12-23(39)16-24(40)17-28(41)42)29(19-7-10-22(33)11-8-19)26-6-4-5-20-15-21(32-35-37-38(3)36-32)9-13-25(20)31(26)34-30/h12-20,23,28-29H,9-11,21-22H2,1-8H3;7-15,18,23-24,39-40H,4-6,16-17H2,1-3H3,(H,41,42)/b19-17+;14-12+/t28-,29-;23-,24-/m11/s1. The van der Waals surface area contributed by atoms with Gasteiger partial charge in [-0.3, -0.25) is 19.6 Å². The number of hydrogen-bond donors (Lipinski definition) is 3. The Bertz CT molecular complexity index is 4020. The number of rotatable bonds is 16. The molecule has 4 aromatic heterocycles. The summed E-state index contributed by atoms with van der Waals surface area (Å²) in [7, 11) is 3.49. The van der Waals surface area contributed by atoms with Gasteiger partial charge < -0.3 is 29.5 Å². The van der Waals surface area contributed by atoms with Crippen LogP contribution in [-0.2, 0) is 63.6 Å². The van der Waals surface area contributed by atoms with E-state index >= 15 is 0 Å². The highest BCUT2D eigenvalue weighted by molar-refractivity contribution is 5.88. The Hall–Kier alpha value is -8.56. The molecular weight excluding hydrogens is 1160 g/mol. The second-order valence-corrected chi connectivity index (χ2v) is 25.8. The SMILES string of the molecule is CC(C)c1nc2c(c(-c3ccc(F)cc3)c1/C=C/[C@@H](O)C[C@@H](O)CC(=O)O)CCCc1cc(-c3nnn(C)n3)ccc1-2.CC(C)c1nc2c(c(-c3ccc(F)cc3)c1/C=C/[C@@H]1C[C@H](CC(=O)OC(C)(C)C)OC(C)(C)O1)CCCc1cc(-c3nnn(C)n3)ccc1-2. The van der Waals surface area contributed by atoms with Gasteiger partial charge in [0.15, 0.2) is 5.79 Å². The fraction of sp³-hybridized carbons (Fsp3) is 0.408. The van der Waals surface area contributed by atoms with Gasteiger partial charge in [0, 0.05) is 46.2 Å². The van der Waals surface area contributed by atoms with Gasteiger partial charge >= 0.3 is 11.9 Å². The van der Waals surface area contributed by atoms with Gasteiger partial charge in [-0.25, -0.2) is 8.78 Å². The maximum absolute atomic E-state index is 14.3. The number of esters is 1. The number of ether oxygens (including phenoxy) is 3. The van der Waals surface area contributed by atoms with E-state index in [1.165, 1.54) is 39.4 Å². The molecule has 476 valence electrons. The Labute approximate surface area is 529 Å². The van der Waals surface area contributed by atoms with Crippen LogP contribution in [0.15, 0.2) is 97.1 Å². The summed E-state index contributed by atoms with van der Waals surface area (Å²) in [6.45, 7) is 17.7. The monoisotopic (exact) mass is 1240 g/mol. The van der Waals surface area contributed by atoms with E-state index in [-0.39, 0.29) is 54.5 Å². The molecule has 8 aromatic rings. The number of halogens is 2. The first-order valence-electron chi connectivity index (χ1n) is 31.2. The normalized spacial score (nSPS) is 16.9. The van der Waals surface area contributed by atoms with Gasteiger partial charge in [0.05, 0.1) is 74.1 Å². The van der Waals surface area contributed by atoms with Crippen LogP contribution < -0.4 is 0 Å². The second-order valence-electron chi connectivity index (χ2n) is 25.8. The molecule has 0 amide bonds. The molecule has 5 heterocycles. The molecule has 3 N–H and O–H groups in total. The van der Waals surface area contributed by atoms with Crippen LogP contribution in [0.3, 0.4) is 0 Å². The Kier molecular flexibility index (Phi) is 19.8. The number of benzene rings is 4. The van der Waals surface area contributed by atoms with Gasteiger partial charge in [0.2, 0.25) is 11.6 Å². The summed E-state index contributed by atoms with van der Waals surface area (Å²) in [5.41, 5.74) is 16.9. The Morgan fingerprint density at radius 1 is 0.692 bits per heavy atom. The highest BCUT2D eigenvalue weighted by Gasteiger charge is 2.37. The fourth-order valence-electron chi connectivity index (χ4n) is 12.4. The first-order valence-corrected chi connectivity index (χ1v) is 31.2. The number of tetrazole rings is 2. The zero-order valence-corrected chi connectivity index (χ0v) is 53.5. The average Bonchev–Trinajstić information content (AvgIpc) is 1.73. The summed E-state index contributed by atoms with van der Waals surface area (Å²) in [6.07, 6.45) is 9.71. The molecule has 4 aromatic carbocycles. The number of pyridine rings is 2. The molecule has 0 bridgehead atoms. The molecule has 0 radical (unpaired) electrons. The summed E-state index contributed by atoms with van der Waals surface area (Å²) < 4.78 is 46.4. The molecule has 3 aliphatic rings. The molecule has 11 rings (SSSR count). The molecule has 20 heteroatoms. The maximum Gasteiger partial charge on any atom is 0.308 e. The number of aromatic nitrogens is 10. The van der Waals surface area contributed by atoms with Crippen molar-refractivity contribution in [3.63, 3.8) is 0 Å². The number of fused-ring (bicyclic) bond motifs is 6. The van der Waals surface area contributed by atoms with Gasteiger partial charge in [-0.05, 0) is 176 Å². The predicted molar refractivity (Wildman–Crippen MR) is 344 cm³/mol. The lowest BCUT2D eigenvalue weighted by atomic mass is 9.86. The molecule has 1 aliphatic heterocycles. The molecular formula is C71H80F2N10O8. The summed E-state index contributed by atoms with van der Waals surface area (Å²) in [6, 6.07) is 25.6. The van der Waals surface area contributed by atoms with Crippen molar-refractivity contribution in [3.8, 4) is 67.5 Å². The third-order valence-corrected chi connectivity index (χ3v) is 16.2. The molecule has 1 fully saturated rings. The number of aliphatic hydroxyl groups excluding tert-OH is 2. The topological polar surface area (TPSA) is 235 Å².